The van der Waals surface area contributed by atoms with E-state index in [4.69, 9.17) is 4.74 Å². The van der Waals surface area contributed by atoms with Crippen LogP contribution in [0.3, 0.4) is 0 Å². The SMILES string of the molecule is C1CO[C@H](CN[C@@H]2C[C@H]3CC[C@H]2C3)C1. The highest BCUT2D eigenvalue weighted by Gasteiger charge is 2.39. The maximum atomic E-state index is 5.63. The van der Waals surface area contributed by atoms with Gasteiger partial charge in [0, 0.05) is 19.2 Å². The molecule has 3 rings (SSSR count). The number of fused-ring (bicyclic) bond motifs is 2. The second-order valence-corrected chi connectivity index (χ2v) is 5.32. The lowest BCUT2D eigenvalue weighted by Gasteiger charge is -2.24. The fourth-order valence-corrected chi connectivity index (χ4v) is 3.58. The Labute approximate surface area is 86.4 Å². The molecule has 0 spiro atoms. The van der Waals surface area contributed by atoms with Crippen LogP contribution in [-0.2, 0) is 4.74 Å². The molecule has 1 saturated heterocycles. The van der Waals surface area contributed by atoms with Crippen LogP contribution >= 0.6 is 0 Å². The number of ether oxygens (including phenoxy) is 1. The van der Waals surface area contributed by atoms with Crippen molar-refractivity contribution in [1.82, 2.24) is 5.32 Å². The standard InChI is InChI=1S/C12H21NO/c1-2-11(14-5-1)8-13-12-7-9-3-4-10(12)6-9/h9-13H,1-8H2/t9-,10-,11-,12+/m0/s1. The third kappa shape index (κ3) is 1.70. The predicted octanol–water partition coefficient (Wildman–Crippen LogP) is 1.94. The van der Waals surface area contributed by atoms with Crippen LogP contribution in [0, 0.1) is 11.8 Å². The zero-order valence-corrected chi connectivity index (χ0v) is 8.87. The Balaban J connectivity index is 1.44. The van der Waals surface area contributed by atoms with E-state index in [2.05, 4.69) is 5.32 Å². The lowest BCUT2D eigenvalue weighted by molar-refractivity contribution is 0.105. The molecule has 2 nitrogen and oxygen atoms in total. The highest BCUT2D eigenvalue weighted by molar-refractivity contribution is 4.94. The van der Waals surface area contributed by atoms with Crippen molar-refractivity contribution < 1.29 is 4.74 Å². The van der Waals surface area contributed by atoms with Crippen LogP contribution < -0.4 is 5.32 Å². The molecule has 80 valence electrons. The number of hydrogen-bond acceptors (Lipinski definition) is 2. The number of rotatable bonds is 3. The van der Waals surface area contributed by atoms with Gasteiger partial charge in [-0.25, -0.2) is 0 Å². The molecule has 3 fully saturated rings. The molecule has 0 amide bonds. The van der Waals surface area contributed by atoms with Gasteiger partial charge in [0.25, 0.3) is 0 Å². The van der Waals surface area contributed by atoms with E-state index >= 15 is 0 Å². The predicted molar refractivity (Wildman–Crippen MR) is 56.2 cm³/mol. The Hall–Kier alpha value is -0.0800. The highest BCUT2D eigenvalue weighted by atomic mass is 16.5. The summed E-state index contributed by atoms with van der Waals surface area (Å²) in [7, 11) is 0. The van der Waals surface area contributed by atoms with Crippen LogP contribution in [0.25, 0.3) is 0 Å². The molecule has 2 heteroatoms. The quantitative estimate of drug-likeness (QED) is 0.743. The first-order valence-corrected chi connectivity index (χ1v) is 6.27. The largest absolute Gasteiger partial charge is 0.377 e. The van der Waals surface area contributed by atoms with Gasteiger partial charge in [-0.15, -0.1) is 0 Å². The van der Waals surface area contributed by atoms with E-state index in [1.165, 1.54) is 38.5 Å². The Kier molecular flexibility index (Phi) is 2.50. The second-order valence-electron chi connectivity index (χ2n) is 5.32. The van der Waals surface area contributed by atoms with Crippen LogP contribution in [0.5, 0.6) is 0 Å². The average molecular weight is 195 g/mol. The Bertz CT molecular complexity index is 200. The van der Waals surface area contributed by atoms with Crippen LogP contribution in [0.1, 0.15) is 38.5 Å². The third-order valence-electron chi connectivity index (χ3n) is 4.37. The van der Waals surface area contributed by atoms with Gasteiger partial charge in [0.1, 0.15) is 0 Å². The van der Waals surface area contributed by atoms with Gasteiger partial charge in [0.2, 0.25) is 0 Å². The minimum absolute atomic E-state index is 0.522. The van der Waals surface area contributed by atoms with E-state index in [1.54, 1.807) is 0 Å². The number of nitrogens with one attached hydrogen (secondary N) is 1. The molecule has 0 unspecified atom stereocenters. The van der Waals surface area contributed by atoms with Crippen molar-refractivity contribution in [3.8, 4) is 0 Å². The first-order chi connectivity index (χ1) is 6.92. The van der Waals surface area contributed by atoms with Gasteiger partial charge in [-0.3, -0.25) is 0 Å². The Morgan fingerprint density at radius 1 is 1.14 bits per heavy atom. The first kappa shape index (κ1) is 9.17. The molecule has 1 N–H and O–H groups in total. The van der Waals surface area contributed by atoms with Crippen molar-refractivity contribution in [3.63, 3.8) is 0 Å². The summed E-state index contributed by atoms with van der Waals surface area (Å²) in [6.07, 6.45) is 8.99. The molecular weight excluding hydrogens is 174 g/mol. The molecule has 0 aromatic heterocycles. The van der Waals surface area contributed by atoms with Crippen molar-refractivity contribution in [2.75, 3.05) is 13.2 Å². The van der Waals surface area contributed by atoms with E-state index in [0.717, 1.165) is 31.0 Å². The van der Waals surface area contributed by atoms with E-state index in [9.17, 15) is 0 Å². The monoisotopic (exact) mass is 195 g/mol. The van der Waals surface area contributed by atoms with Gasteiger partial charge >= 0.3 is 0 Å². The van der Waals surface area contributed by atoms with E-state index in [1.807, 2.05) is 0 Å². The maximum Gasteiger partial charge on any atom is 0.0700 e. The maximum absolute atomic E-state index is 5.63. The molecule has 2 saturated carbocycles. The van der Waals surface area contributed by atoms with Crippen molar-refractivity contribution in [2.24, 2.45) is 11.8 Å². The third-order valence-corrected chi connectivity index (χ3v) is 4.37. The molecule has 0 aromatic carbocycles. The topological polar surface area (TPSA) is 21.3 Å². The summed E-state index contributed by atoms with van der Waals surface area (Å²) in [6.45, 7) is 2.09. The summed E-state index contributed by atoms with van der Waals surface area (Å²) in [6, 6.07) is 0.831. The Morgan fingerprint density at radius 3 is 2.79 bits per heavy atom. The van der Waals surface area contributed by atoms with Crippen LogP contribution in [0.4, 0.5) is 0 Å². The fraction of sp³-hybridized carbons (Fsp3) is 1.00. The second kappa shape index (κ2) is 3.82. The first-order valence-electron chi connectivity index (χ1n) is 6.27. The van der Waals surface area contributed by atoms with Crippen molar-refractivity contribution >= 4 is 0 Å². The molecule has 4 atom stereocenters. The van der Waals surface area contributed by atoms with Crippen LogP contribution in [0.2, 0.25) is 0 Å². The van der Waals surface area contributed by atoms with E-state index in [-0.39, 0.29) is 0 Å². The zero-order chi connectivity index (χ0) is 9.38. The fourth-order valence-electron chi connectivity index (χ4n) is 3.58. The molecule has 0 radical (unpaired) electrons. The summed E-state index contributed by atoms with van der Waals surface area (Å²) in [5.74, 6) is 2.06. The normalized spacial score (nSPS) is 46.3. The summed E-state index contributed by atoms with van der Waals surface area (Å²) >= 11 is 0. The van der Waals surface area contributed by atoms with Gasteiger partial charge in [0.15, 0.2) is 0 Å². The van der Waals surface area contributed by atoms with Crippen molar-refractivity contribution in [2.45, 2.75) is 50.7 Å². The molecule has 2 bridgehead atoms. The van der Waals surface area contributed by atoms with E-state index < -0.39 is 0 Å². The van der Waals surface area contributed by atoms with E-state index in [0.29, 0.717) is 6.10 Å². The molecule has 1 heterocycles. The molecule has 14 heavy (non-hydrogen) atoms. The minimum atomic E-state index is 0.522. The minimum Gasteiger partial charge on any atom is -0.377 e. The average Bonchev–Trinajstić information content (AvgIpc) is 2.91. The summed E-state index contributed by atoms with van der Waals surface area (Å²) in [4.78, 5) is 0. The van der Waals surface area contributed by atoms with Gasteiger partial charge in [-0.1, -0.05) is 6.42 Å². The Morgan fingerprint density at radius 2 is 2.14 bits per heavy atom. The number of hydrogen-bond donors (Lipinski definition) is 1. The lowest BCUT2D eigenvalue weighted by Crippen LogP contribution is -2.38. The van der Waals surface area contributed by atoms with Gasteiger partial charge in [-0.2, -0.15) is 0 Å². The van der Waals surface area contributed by atoms with Crippen molar-refractivity contribution in [3.05, 3.63) is 0 Å². The summed E-state index contributed by atoms with van der Waals surface area (Å²) in [5, 5.41) is 3.73. The smallest absolute Gasteiger partial charge is 0.0700 e. The summed E-state index contributed by atoms with van der Waals surface area (Å²) < 4.78 is 5.63. The zero-order valence-electron chi connectivity index (χ0n) is 8.87. The highest BCUT2D eigenvalue weighted by Crippen LogP contribution is 2.44. The molecule has 1 aliphatic heterocycles. The van der Waals surface area contributed by atoms with Crippen LogP contribution in [0.15, 0.2) is 0 Å². The molecule has 0 aromatic rings. The van der Waals surface area contributed by atoms with Crippen molar-refractivity contribution in [1.29, 1.82) is 0 Å². The van der Waals surface area contributed by atoms with Crippen LogP contribution in [-0.4, -0.2) is 25.3 Å². The molecule has 3 aliphatic rings. The van der Waals surface area contributed by atoms with Gasteiger partial charge in [-0.05, 0) is 43.9 Å². The summed E-state index contributed by atoms with van der Waals surface area (Å²) in [5.41, 5.74) is 0. The molecule has 2 aliphatic carbocycles. The lowest BCUT2D eigenvalue weighted by atomic mass is 9.95. The molecular formula is C12H21NO. The van der Waals surface area contributed by atoms with Gasteiger partial charge in [0.05, 0.1) is 6.10 Å². The van der Waals surface area contributed by atoms with Gasteiger partial charge < -0.3 is 10.1 Å².